The van der Waals surface area contributed by atoms with Crippen LogP contribution in [0.25, 0.3) is 0 Å². The Morgan fingerprint density at radius 1 is 1.33 bits per heavy atom. The van der Waals surface area contributed by atoms with E-state index in [2.05, 4.69) is 11.6 Å². The molecule has 12 heavy (non-hydrogen) atoms. The largest absolute Gasteiger partial charge is 0.481 e. The number of hydrogen-bond acceptors (Lipinski definition) is 2. The summed E-state index contributed by atoms with van der Waals surface area (Å²) in [6, 6.07) is 0. The summed E-state index contributed by atoms with van der Waals surface area (Å²) < 4.78 is 0. The molecule has 0 atom stereocenters. The summed E-state index contributed by atoms with van der Waals surface area (Å²) >= 11 is 4.64. The van der Waals surface area contributed by atoms with Crippen molar-refractivity contribution in [3.63, 3.8) is 0 Å². The lowest BCUT2D eigenvalue weighted by molar-refractivity contribution is -0.137. The Labute approximate surface area is 80.3 Å². The molecule has 0 fully saturated rings. The first-order chi connectivity index (χ1) is 5.50. The number of hydrogen-bond donors (Lipinski definition) is 1. The lowest BCUT2D eigenvalue weighted by Gasteiger charge is -1.90. The van der Waals surface area contributed by atoms with Gasteiger partial charge >= 0.3 is 5.97 Å². The molecule has 0 radical (unpaired) electrons. The summed E-state index contributed by atoms with van der Waals surface area (Å²) in [7, 11) is 6.00. The van der Waals surface area contributed by atoms with Crippen molar-refractivity contribution >= 4 is 17.6 Å². The molecule has 0 rings (SSSR count). The lowest BCUT2D eigenvalue weighted by Crippen LogP contribution is -1.99. The maximum absolute atomic E-state index is 9.60. The van der Waals surface area contributed by atoms with Crippen molar-refractivity contribution in [3.8, 4) is 0 Å². The van der Waals surface area contributed by atoms with E-state index >= 15 is 0 Å². The van der Waals surface area contributed by atoms with Crippen LogP contribution >= 0.6 is 11.6 Å². The van der Waals surface area contributed by atoms with Crippen molar-refractivity contribution in [2.75, 3.05) is 27.5 Å². The Balaban J connectivity index is -0.000000118. The molecule has 0 saturated heterocycles. The smallest absolute Gasteiger partial charge is 0.303 e. The van der Waals surface area contributed by atoms with Gasteiger partial charge in [0.05, 0.1) is 0 Å². The molecule has 4 heteroatoms. The standard InChI is InChI=1S/C4H8O2.C3H9N.CH3Cl/c1-2-3-4(5)6;1-4(2)3;1-2/h2-3H2,1H3,(H,5,6);1-3H3;1H3. The summed E-state index contributed by atoms with van der Waals surface area (Å²) in [6.07, 6.45) is 2.50. The van der Waals surface area contributed by atoms with E-state index in [0.717, 1.165) is 6.42 Å². The summed E-state index contributed by atoms with van der Waals surface area (Å²) in [5.41, 5.74) is 0. The van der Waals surface area contributed by atoms with E-state index in [1.165, 1.54) is 6.38 Å². The van der Waals surface area contributed by atoms with E-state index in [0.29, 0.717) is 6.42 Å². The lowest BCUT2D eigenvalue weighted by atomic mass is 10.4. The minimum Gasteiger partial charge on any atom is -0.481 e. The fraction of sp³-hybridized carbons (Fsp3) is 0.875. The maximum Gasteiger partial charge on any atom is 0.303 e. The minimum absolute atomic E-state index is 0.292. The number of aliphatic carboxylic acids is 1. The first kappa shape index (κ1) is 17.7. The van der Waals surface area contributed by atoms with Gasteiger partial charge in [-0.25, -0.2) is 0 Å². The van der Waals surface area contributed by atoms with Crippen LogP contribution in [0, 0.1) is 0 Å². The van der Waals surface area contributed by atoms with Crippen molar-refractivity contribution in [3.05, 3.63) is 0 Å². The van der Waals surface area contributed by atoms with Gasteiger partial charge in [0.1, 0.15) is 0 Å². The van der Waals surface area contributed by atoms with Crippen LogP contribution in [0.5, 0.6) is 0 Å². The number of nitrogens with zero attached hydrogens (tertiary/aromatic N) is 1. The van der Waals surface area contributed by atoms with E-state index in [9.17, 15) is 4.79 Å². The molecule has 0 unspecified atom stereocenters. The second-order valence-corrected chi connectivity index (χ2v) is 2.49. The topological polar surface area (TPSA) is 40.5 Å². The molecule has 0 aromatic heterocycles. The van der Waals surface area contributed by atoms with E-state index in [1.807, 2.05) is 33.0 Å². The van der Waals surface area contributed by atoms with Gasteiger partial charge in [-0.3, -0.25) is 4.79 Å². The highest BCUT2D eigenvalue weighted by molar-refractivity contribution is 6.15. The van der Waals surface area contributed by atoms with Crippen LogP contribution in [0.15, 0.2) is 0 Å². The van der Waals surface area contributed by atoms with E-state index in [-0.39, 0.29) is 0 Å². The molecule has 0 saturated carbocycles. The van der Waals surface area contributed by atoms with Gasteiger partial charge in [-0.1, -0.05) is 6.92 Å². The van der Waals surface area contributed by atoms with Gasteiger partial charge in [0, 0.05) is 12.8 Å². The van der Waals surface area contributed by atoms with Crippen molar-refractivity contribution in [1.29, 1.82) is 0 Å². The van der Waals surface area contributed by atoms with Crippen LogP contribution in [0.1, 0.15) is 19.8 Å². The first-order valence-electron chi connectivity index (χ1n) is 3.71. The molecule has 76 valence electrons. The molecule has 0 spiro atoms. The third kappa shape index (κ3) is 99.9. The second-order valence-electron chi connectivity index (χ2n) is 2.49. The van der Waals surface area contributed by atoms with Gasteiger partial charge < -0.3 is 10.0 Å². The molecule has 0 amide bonds. The Hall–Kier alpha value is -0.280. The van der Waals surface area contributed by atoms with Gasteiger partial charge in [0.15, 0.2) is 0 Å². The van der Waals surface area contributed by atoms with E-state index < -0.39 is 5.97 Å². The summed E-state index contributed by atoms with van der Waals surface area (Å²) in [5.74, 6) is -0.711. The quantitative estimate of drug-likeness (QED) is 0.688. The monoisotopic (exact) mass is 197 g/mol. The number of carboxylic acids is 1. The average molecular weight is 198 g/mol. The third-order valence-corrected chi connectivity index (χ3v) is 0.464. The Bertz CT molecular complexity index is 84.4. The van der Waals surface area contributed by atoms with Crippen molar-refractivity contribution < 1.29 is 9.90 Å². The van der Waals surface area contributed by atoms with Gasteiger partial charge in [-0.2, -0.15) is 0 Å². The molecule has 0 aromatic rings. The highest BCUT2D eigenvalue weighted by Crippen LogP contribution is 1.82. The predicted molar refractivity (Wildman–Crippen MR) is 53.9 cm³/mol. The SMILES string of the molecule is CCCC(=O)O.CCl.CN(C)C. The van der Waals surface area contributed by atoms with Gasteiger partial charge in [-0.05, 0) is 27.6 Å². The zero-order valence-electron chi connectivity index (χ0n) is 8.59. The zero-order chi connectivity index (χ0) is 10.6. The van der Waals surface area contributed by atoms with Crippen molar-refractivity contribution in [2.24, 2.45) is 0 Å². The Kier molecular flexibility index (Phi) is 25.1. The highest BCUT2D eigenvalue weighted by atomic mass is 35.5. The van der Waals surface area contributed by atoms with Crippen LogP contribution in [0.3, 0.4) is 0 Å². The van der Waals surface area contributed by atoms with E-state index in [1.54, 1.807) is 0 Å². The van der Waals surface area contributed by atoms with Gasteiger partial charge in [0.2, 0.25) is 0 Å². The van der Waals surface area contributed by atoms with Crippen LogP contribution in [-0.2, 0) is 4.79 Å². The van der Waals surface area contributed by atoms with Crippen molar-refractivity contribution in [1.82, 2.24) is 4.90 Å². The zero-order valence-corrected chi connectivity index (χ0v) is 9.35. The molecule has 1 N–H and O–H groups in total. The fourth-order valence-electron chi connectivity index (χ4n) is 0.214. The number of rotatable bonds is 2. The van der Waals surface area contributed by atoms with Crippen LogP contribution in [-0.4, -0.2) is 43.5 Å². The normalized spacial score (nSPS) is 7.58. The summed E-state index contributed by atoms with van der Waals surface area (Å²) in [4.78, 5) is 11.6. The van der Waals surface area contributed by atoms with Gasteiger partial charge in [0.25, 0.3) is 0 Å². The maximum atomic E-state index is 9.60. The molecule has 0 aliphatic heterocycles. The molecule has 0 aliphatic rings. The first-order valence-corrected chi connectivity index (χ1v) is 4.46. The highest BCUT2D eigenvalue weighted by Gasteiger charge is 1.87. The fourth-order valence-corrected chi connectivity index (χ4v) is 0.214. The van der Waals surface area contributed by atoms with E-state index in [4.69, 9.17) is 5.11 Å². The number of alkyl halides is 1. The van der Waals surface area contributed by atoms with Crippen LogP contribution < -0.4 is 0 Å². The van der Waals surface area contributed by atoms with Crippen LogP contribution in [0.2, 0.25) is 0 Å². The van der Waals surface area contributed by atoms with Crippen molar-refractivity contribution in [2.45, 2.75) is 19.8 Å². The van der Waals surface area contributed by atoms with Gasteiger partial charge in [-0.15, -0.1) is 11.6 Å². The molecule has 3 nitrogen and oxygen atoms in total. The molecule has 0 bridgehead atoms. The predicted octanol–water partition coefficient (Wildman–Crippen LogP) is 1.90. The minimum atomic E-state index is -0.711. The molecule has 0 heterocycles. The Morgan fingerprint density at radius 3 is 1.58 bits per heavy atom. The summed E-state index contributed by atoms with van der Waals surface area (Å²) in [5, 5.41) is 7.91. The molecule has 0 aliphatic carbocycles. The average Bonchev–Trinajstić information content (AvgIpc) is 1.90. The second kappa shape index (κ2) is 17.0. The Morgan fingerprint density at radius 2 is 1.58 bits per heavy atom. The molecular formula is C8H20ClNO2. The third-order valence-electron chi connectivity index (χ3n) is 0.464. The van der Waals surface area contributed by atoms with Crippen LogP contribution in [0.4, 0.5) is 0 Å². The molecular weight excluding hydrogens is 178 g/mol. The number of halogens is 1. The molecule has 0 aromatic carbocycles. The number of carboxylic acid groups (broad SMARTS) is 1. The number of carbonyl (C=O) groups is 1. The summed E-state index contributed by atoms with van der Waals surface area (Å²) in [6.45, 7) is 1.84.